The Bertz CT molecular complexity index is 963. The Morgan fingerprint density at radius 3 is 2.42 bits per heavy atom. The van der Waals surface area contributed by atoms with Crippen LogP contribution in [-0.4, -0.2) is 48.9 Å². The van der Waals surface area contributed by atoms with Crippen molar-refractivity contribution < 1.29 is 9.59 Å². The van der Waals surface area contributed by atoms with Gasteiger partial charge in [-0.05, 0) is 41.8 Å². The maximum atomic E-state index is 12.9. The average Bonchev–Trinajstić information content (AvgIpc) is 2.74. The topological polar surface area (TPSA) is 61.4 Å². The lowest BCUT2D eigenvalue weighted by Crippen LogP contribution is -2.57. The van der Waals surface area contributed by atoms with Crippen LogP contribution in [0.4, 0.5) is 0 Å². The van der Waals surface area contributed by atoms with E-state index in [1.165, 1.54) is 0 Å². The molecular formula is C23H24Cl3N3O2. The molecule has 2 amide bonds. The predicted octanol–water partition coefficient (Wildman–Crippen LogP) is 4.07. The quantitative estimate of drug-likeness (QED) is 0.634. The van der Waals surface area contributed by atoms with E-state index < -0.39 is 0 Å². The monoisotopic (exact) mass is 479 g/mol. The highest BCUT2D eigenvalue weighted by atomic mass is 35.5. The first-order valence-electron chi connectivity index (χ1n) is 10.4. The molecule has 0 aromatic heterocycles. The molecule has 2 aromatic rings. The highest BCUT2D eigenvalue weighted by molar-refractivity contribution is 6.42. The van der Waals surface area contributed by atoms with E-state index in [4.69, 9.17) is 34.8 Å². The van der Waals surface area contributed by atoms with E-state index in [1.807, 2.05) is 29.2 Å². The van der Waals surface area contributed by atoms with Crippen LogP contribution < -0.4 is 10.6 Å². The number of piperidine rings is 1. The summed E-state index contributed by atoms with van der Waals surface area (Å²) in [6, 6.07) is 12.7. The Morgan fingerprint density at radius 1 is 1.06 bits per heavy atom. The molecule has 0 bridgehead atoms. The van der Waals surface area contributed by atoms with Crippen molar-refractivity contribution in [3.63, 3.8) is 0 Å². The van der Waals surface area contributed by atoms with Gasteiger partial charge in [0.15, 0.2) is 0 Å². The zero-order chi connectivity index (χ0) is 22.0. The number of carbonyl (C=O) groups excluding carboxylic acids is 2. The molecule has 2 aromatic carbocycles. The van der Waals surface area contributed by atoms with Crippen LogP contribution in [0.25, 0.3) is 0 Å². The van der Waals surface area contributed by atoms with Gasteiger partial charge in [-0.15, -0.1) is 11.6 Å². The predicted molar refractivity (Wildman–Crippen MR) is 124 cm³/mol. The molecule has 0 radical (unpaired) electrons. The fourth-order valence-electron chi connectivity index (χ4n) is 4.12. The molecule has 164 valence electrons. The standard InChI is InChI=1S/C23H24Cl3N3O2/c24-10-14-1-3-15(4-2-14)22(30)28-21-7-8-29(23(31)17-11-27-12-17)13-18(21)16-5-6-19(25)20(26)9-16/h1-6,9,17-18,21,27H,7-8,10-13H2,(H,28,30). The molecule has 8 heteroatoms. The lowest BCUT2D eigenvalue weighted by Gasteiger charge is -2.41. The van der Waals surface area contributed by atoms with Crippen molar-refractivity contribution in [3.8, 4) is 0 Å². The number of hydrogen-bond donors (Lipinski definition) is 2. The van der Waals surface area contributed by atoms with Gasteiger partial charge in [0.2, 0.25) is 5.91 Å². The molecule has 0 spiro atoms. The molecule has 0 saturated carbocycles. The maximum Gasteiger partial charge on any atom is 0.251 e. The first kappa shape index (κ1) is 22.4. The van der Waals surface area contributed by atoms with Gasteiger partial charge >= 0.3 is 0 Å². The minimum absolute atomic E-state index is 0.0426. The Balaban J connectivity index is 1.54. The summed E-state index contributed by atoms with van der Waals surface area (Å²) in [6.07, 6.45) is 0.669. The second-order valence-electron chi connectivity index (χ2n) is 8.12. The third-order valence-electron chi connectivity index (χ3n) is 6.11. The fraction of sp³-hybridized carbons (Fsp3) is 0.391. The van der Waals surface area contributed by atoms with Gasteiger partial charge in [0, 0.05) is 49.6 Å². The molecule has 0 aliphatic carbocycles. The number of benzene rings is 2. The first-order valence-corrected chi connectivity index (χ1v) is 11.7. The van der Waals surface area contributed by atoms with Crippen molar-refractivity contribution in [1.82, 2.24) is 15.5 Å². The molecule has 2 N–H and O–H groups in total. The van der Waals surface area contributed by atoms with Gasteiger partial charge in [-0.25, -0.2) is 0 Å². The van der Waals surface area contributed by atoms with E-state index >= 15 is 0 Å². The number of nitrogens with one attached hydrogen (secondary N) is 2. The molecular weight excluding hydrogens is 457 g/mol. The van der Waals surface area contributed by atoms with Gasteiger partial charge in [0.25, 0.3) is 5.91 Å². The van der Waals surface area contributed by atoms with Crippen molar-refractivity contribution in [2.24, 2.45) is 5.92 Å². The zero-order valence-electron chi connectivity index (χ0n) is 16.9. The third-order valence-corrected chi connectivity index (χ3v) is 7.16. The van der Waals surface area contributed by atoms with Crippen LogP contribution in [0, 0.1) is 5.92 Å². The molecule has 2 fully saturated rings. The summed E-state index contributed by atoms with van der Waals surface area (Å²) in [7, 11) is 0. The minimum Gasteiger partial charge on any atom is -0.349 e. The van der Waals surface area contributed by atoms with E-state index in [0.717, 1.165) is 24.2 Å². The van der Waals surface area contributed by atoms with Crippen molar-refractivity contribution in [2.75, 3.05) is 26.2 Å². The summed E-state index contributed by atoms with van der Waals surface area (Å²) in [5.74, 6) is 0.404. The number of nitrogens with zero attached hydrogens (tertiary/aromatic N) is 1. The van der Waals surface area contributed by atoms with Crippen LogP contribution in [-0.2, 0) is 10.7 Å². The molecule has 2 aliphatic heterocycles. The van der Waals surface area contributed by atoms with E-state index in [0.29, 0.717) is 41.0 Å². The van der Waals surface area contributed by atoms with Crippen LogP contribution in [0.3, 0.4) is 0 Å². The zero-order valence-corrected chi connectivity index (χ0v) is 19.2. The fourth-order valence-corrected chi connectivity index (χ4v) is 4.61. The number of hydrogen-bond acceptors (Lipinski definition) is 3. The second-order valence-corrected chi connectivity index (χ2v) is 9.20. The van der Waals surface area contributed by atoms with Crippen LogP contribution >= 0.6 is 34.8 Å². The van der Waals surface area contributed by atoms with E-state index in [1.54, 1.807) is 18.2 Å². The second kappa shape index (κ2) is 9.78. The minimum atomic E-state index is -0.140. The summed E-state index contributed by atoms with van der Waals surface area (Å²) >= 11 is 18.2. The molecule has 4 rings (SSSR count). The van der Waals surface area contributed by atoms with Gasteiger partial charge in [0.05, 0.1) is 16.0 Å². The Hall–Kier alpha value is -1.79. The van der Waals surface area contributed by atoms with E-state index in [-0.39, 0.29) is 29.7 Å². The molecule has 2 heterocycles. The van der Waals surface area contributed by atoms with Gasteiger partial charge < -0.3 is 15.5 Å². The SMILES string of the molecule is O=C(NC1CCN(C(=O)C2CNC2)CC1c1ccc(Cl)c(Cl)c1)c1ccc(CCl)cc1. The number of carbonyl (C=O) groups is 2. The maximum absolute atomic E-state index is 12.9. The smallest absolute Gasteiger partial charge is 0.251 e. The van der Waals surface area contributed by atoms with Crippen LogP contribution in [0.5, 0.6) is 0 Å². The number of likely N-dealkylation sites (tertiary alicyclic amines) is 1. The van der Waals surface area contributed by atoms with E-state index in [2.05, 4.69) is 10.6 Å². The molecule has 2 aliphatic rings. The third kappa shape index (κ3) is 5.01. The molecule has 2 saturated heterocycles. The molecule has 2 unspecified atom stereocenters. The summed E-state index contributed by atoms with van der Waals surface area (Å²) in [5.41, 5.74) is 2.51. The Labute approximate surface area is 197 Å². The highest BCUT2D eigenvalue weighted by Crippen LogP contribution is 2.33. The van der Waals surface area contributed by atoms with Crippen molar-refractivity contribution in [2.45, 2.75) is 24.3 Å². The molecule has 2 atom stereocenters. The van der Waals surface area contributed by atoms with Crippen molar-refractivity contribution in [1.29, 1.82) is 0 Å². The summed E-state index contributed by atoms with van der Waals surface area (Å²) < 4.78 is 0. The van der Waals surface area contributed by atoms with Crippen molar-refractivity contribution in [3.05, 3.63) is 69.2 Å². The van der Waals surface area contributed by atoms with Crippen LogP contribution in [0.1, 0.15) is 33.8 Å². The number of halogens is 3. The average molecular weight is 481 g/mol. The van der Waals surface area contributed by atoms with Gasteiger partial charge in [-0.1, -0.05) is 41.4 Å². The van der Waals surface area contributed by atoms with Gasteiger partial charge in [-0.2, -0.15) is 0 Å². The van der Waals surface area contributed by atoms with E-state index in [9.17, 15) is 9.59 Å². The molecule has 31 heavy (non-hydrogen) atoms. The first-order chi connectivity index (χ1) is 15.0. The lowest BCUT2D eigenvalue weighted by molar-refractivity contribution is -0.138. The van der Waals surface area contributed by atoms with Gasteiger partial charge in [-0.3, -0.25) is 9.59 Å². The Morgan fingerprint density at radius 2 is 1.81 bits per heavy atom. The number of amides is 2. The number of rotatable bonds is 5. The summed E-state index contributed by atoms with van der Waals surface area (Å²) in [6.45, 7) is 2.60. The van der Waals surface area contributed by atoms with Crippen molar-refractivity contribution >= 4 is 46.6 Å². The summed E-state index contributed by atoms with van der Waals surface area (Å²) in [4.78, 5) is 27.7. The highest BCUT2D eigenvalue weighted by Gasteiger charge is 2.37. The summed E-state index contributed by atoms with van der Waals surface area (Å²) in [5, 5.41) is 7.27. The van der Waals surface area contributed by atoms with Crippen LogP contribution in [0.15, 0.2) is 42.5 Å². The van der Waals surface area contributed by atoms with Gasteiger partial charge in [0.1, 0.15) is 0 Å². The Kier molecular flexibility index (Phi) is 7.07. The molecule has 5 nitrogen and oxygen atoms in total. The lowest BCUT2D eigenvalue weighted by atomic mass is 9.85. The van der Waals surface area contributed by atoms with Crippen LogP contribution in [0.2, 0.25) is 10.0 Å². The number of alkyl halides is 1. The largest absolute Gasteiger partial charge is 0.349 e. The normalized spacial score (nSPS) is 21.5.